The van der Waals surface area contributed by atoms with Crippen LogP contribution in [-0.4, -0.2) is 37.6 Å². The minimum absolute atomic E-state index is 0.815. The number of fused-ring (bicyclic) bond motifs is 1. The molecule has 3 aliphatic rings. The molecule has 3 rings (SSSR count). The van der Waals surface area contributed by atoms with E-state index in [2.05, 4.69) is 24.3 Å². The molecule has 2 nitrogen and oxygen atoms in total. The van der Waals surface area contributed by atoms with Gasteiger partial charge in [-0.1, -0.05) is 0 Å². The van der Waals surface area contributed by atoms with E-state index >= 15 is 0 Å². The molecule has 2 heterocycles. The summed E-state index contributed by atoms with van der Waals surface area (Å²) in [5, 5.41) is 3.35. The number of nitrogens with zero attached hydrogens (tertiary/aromatic N) is 1. The van der Waals surface area contributed by atoms with Crippen molar-refractivity contribution in [2.75, 3.05) is 20.6 Å². The Morgan fingerprint density at radius 3 is 2.56 bits per heavy atom. The van der Waals surface area contributed by atoms with Crippen molar-refractivity contribution in [1.82, 2.24) is 10.2 Å². The summed E-state index contributed by atoms with van der Waals surface area (Å²) < 4.78 is 0. The highest BCUT2D eigenvalue weighted by Crippen LogP contribution is 2.39. The third kappa shape index (κ3) is 0.578. The van der Waals surface area contributed by atoms with Gasteiger partial charge < -0.3 is 10.2 Å². The van der Waals surface area contributed by atoms with Crippen LogP contribution in [-0.2, 0) is 0 Å². The second-order valence-electron chi connectivity index (χ2n) is 3.32. The minimum atomic E-state index is 0.815. The van der Waals surface area contributed by atoms with Gasteiger partial charge in [0.1, 0.15) is 0 Å². The fourth-order valence-electron chi connectivity index (χ4n) is 2.30. The molecule has 9 heavy (non-hydrogen) atoms. The van der Waals surface area contributed by atoms with E-state index in [-0.39, 0.29) is 0 Å². The zero-order valence-electron chi connectivity index (χ0n) is 6.09. The molecule has 1 saturated carbocycles. The zero-order chi connectivity index (χ0) is 6.43. The van der Waals surface area contributed by atoms with Crippen molar-refractivity contribution in [2.45, 2.75) is 18.5 Å². The summed E-state index contributed by atoms with van der Waals surface area (Å²) in [6.07, 6.45) is 1.43. The average Bonchev–Trinajstić information content (AvgIpc) is 2.22. The maximum atomic E-state index is 3.35. The summed E-state index contributed by atoms with van der Waals surface area (Å²) in [4.78, 5) is 2.46. The van der Waals surface area contributed by atoms with Crippen LogP contribution in [0.15, 0.2) is 0 Å². The first-order valence-corrected chi connectivity index (χ1v) is 3.70. The molecule has 52 valence electrons. The predicted molar refractivity (Wildman–Crippen MR) is 37.4 cm³/mol. The lowest BCUT2D eigenvalue weighted by Crippen LogP contribution is -2.50. The van der Waals surface area contributed by atoms with Crippen molar-refractivity contribution in [3.05, 3.63) is 0 Å². The average molecular weight is 126 g/mol. The van der Waals surface area contributed by atoms with E-state index in [1.807, 2.05) is 0 Å². The first-order valence-electron chi connectivity index (χ1n) is 3.70. The van der Waals surface area contributed by atoms with Gasteiger partial charge in [0, 0.05) is 18.6 Å². The lowest BCUT2D eigenvalue weighted by molar-refractivity contribution is 0.211. The third-order valence-electron chi connectivity index (χ3n) is 2.89. The summed E-state index contributed by atoms with van der Waals surface area (Å²) in [5.74, 6) is 0.963. The molecule has 3 atom stereocenters. The SMILES string of the molecule is CNC1C2CC1N(C)C2. The van der Waals surface area contributed by atoms with Crippen LogP contribution in [0.5, 0.6) is 0 Å². The number of rotatable bonds is 1. The number of nitrogens with one attached hydrogen (secondary N) is 1. The van der Waals surface area contributed by atoms with Gasteiger partial charge >= 0.3 is 0 Å². The zero-order valence-corrected chi connectivity index (χ0v) is 6.09. The Bertz CT molecular complexity index is 124. The Kier molecular flexibility index (Phi) is 1.08. The van der Waals surface area contributed by atoms with Gasteiger partial charge in [-0.25, -0.2) is 0 Å². The number of hydrogen-bond acceptors (Lipinski definition) is 2. The molecular weight excluding hydrogens is 112 g/mol. The molecule has 0 radical (unpaired) electrons. The molecule has 1 N–H and O–H groups in total. The molecule has 2 heteroatoms. The second-order valence-corrected chi connectivity index (χ2v) is 3.32. The van der Waals surface area contributed by atoms with Crippen LogP contribution in [0.4, 0.5) is 0 Å². The smallest absolute Gasteiger partial charge is 0.0261 e. The van der Waals surface area contributed by atoms with Gasteiger partial charge in [0.2, 0.25) is 0 Å². The van der Waals surface area contributed by atoms with E-state index in [1.165, 1.54) is 13.0 Å². The van der Waals surface area contributed by atoms with Gasteiger partial charge in [0.25, 0.3) is 0 Å². The second kappa shape index (κ2) is 1.70. The topological polar surface area (TPSA) is 15.3 Å². The first-order chi connectivity index (χ1) is 4.33. The normalized spacial score (nSPS) is 49.3. The maximum Gasteiger partial charge on any atom is 0.0261 e. The summed E-state index contributed by atoms with van der Waals surface area (Å²) in [5.41, 5.74) is 0. The van der Waals surface area contributed by atoms with Gasteiger partial charge in [-0.2, -0.15) is 0 Å². The Balaban J connectivity index is 2.04. The number of likely N-dealkylation sites (N-methyl/N-ethyl adjacent to an activating group) is 2. The summed E-state index contributed by atoms with van der Waals surface area (Å²) in [7, 11) is 4.30. The summed E-state index contributed by atoms with van der Waals surface area (Å²) in [6.45, 7) is 1.32. The van der Waals surface area contributed by atoms with Crippen LogP contribution in [0.1, 0.15) is 6.42 Å². The van der Waals surface area contributed by atoms with Crippen molar-refractivity contribution in [3.63, 3.8) is 0 Å². The summed E-state index contributed by atoms with van der Waals surface area (Å²) >= 11 is 0. The highest BCUT2D eigenvalue weighted by Gasteiger charge is 2.49. The van der Waals surface area contributed by atoms with Gasteiger partial charge in [-0.05, 0) is 26.4 Å². The van der Waals surface area contributed by atoms with Crippen LogP contribution in [0.2, 0.25) is 0 Å². The molecule has 0 aromatic heterocycles. The fourth-order valence-corrected chi connectivity index (χ4v) is 2.30. The first kappa shape index (κ1) is 5.69. The van der Waals surface area contributed by atoms with E-state index in [4.69, 9.17) is 0 Å². The quantitative estimate of drug-likeness (QED) is 0.528. The van der Waals surface area contributed by atoms with Crippen LogP contribution in [0.3, 0.4) is 0 Å². The van der Waals surface area contributed by atoms with E-state index in [9.17, 15) is 0 Å². The van der Waals surface area contributed by atoms with E-state index in [0.29, 0.717) is 0 Å². The van der Waals surface area contributed by atoms with E-state index in [0.717, 1.165) is 18.0 Å². The van der Waals surface area contributed by atoms with Crippen molar-refractivity contribution >= 4 is 0 Å². The van der Waals surface area contributed by atoms with Gasteiger partial charge in [0.15, 0.2) is 0 Å². The van der Waals surface area contributed by atoms with Crippen LogP contribution in [0, 0.1) is 5.92 Å². The van der Waals surface area contributed by atoms with E-state index < -0.39 is 0 Å². The Labute approximate surface area is 56.2 Å². The predicted octanol–water partition coefficient (Wildman–Crippen LogP) is -0.0917. The van der Waals surface area contributed by atoms with Crippen molar-refractivity contribution in [2.24, 2.45) is 5.92 Å². The van der Waals surface area contributed by atoms with Crippen LogP contribution < -0.4 is 5.32 Å². The molecule has 0 aromatic carbocycles. The standard InChI is InChI=1S/C7H14N2/c1-8-7-5-3-6(7)9(2)4-5/h5-8H,3-4H2,1-2H3. The van der Waals surface area contributed by atoms with Crippen molar-refractivity contribution < 1.29 is 0 Å². The Morgan fingerprint density at radius 2 is 2.33 bits per heavy atom. The molecule has 1 aliphatic carbocycles. The molecular formula is C7H14N2. The highest BCUT2D eigenvalue weighted by atomic mass is 15.2. The molecule has 2 aliphatic heterocycles. The Morgan fingerprint density at radius 1 is 1.56 bits per heavy atom. The van der Waals surface area contributed by atoms with Gasteiger partial charge in [-0.3, -0.25) is 0 Å². The van der Waals surface area contributed by atoms with Crippen LogP contribution in [0.25, 0.3) is 0 Å². The third-order valence-corrected chi connectivity index (χ3v) is 2.89. The van der Waals surface area contributed by atoms with Crippen molar-refractivity contribution in [1.29, 1.82) is 0 Å². The molecule has 0 amide bonds. The monoisotopic (exact) mass is 126 g/mol. The lowest BCUT2D eigenvalue weighted by Gasteiger charge is -2.35. The number of hydrogen-bond donors (Lipinski definition) is 1. The largest absolute Gasteiger partial charge is 0.315 e. The highest BCUT2D eigenvalue weighted by molar-refractivity contribution is 5.07. The minimum Gasteiger partial charge on any atom is -0.315 e. The molecule has 0 aromatic rings. The molecule has 2 bridgehead atoms. The Hall–Kier alpha value is -0.0800. The van der Waals surface area contributed by atoms with Gasteiger partial charge in [0.05, 0.1) is 0 Å². The van der Waals surface area contributed by atoms with E-state index in [1.54, 1.807) is 0 Å². The molecule has 3 unspecified atom stereocenters. The fraction of sp³-hybridized carbons (Fsp3) is 1.00. The molecule has 0 spiro atoms. The van der Waals surface area contributed by atoms with Gasteiger partial charge in [-0.15, -0.1) is 0 Å². The lowest BCUT2D eigenvalue weighted by atomic mass is 9.80. The molecule has 2 saturated heterocycles. The van der Waals surface area contributed by atoms with Crippen LogP contribution >= 0.6 is 0 Å². The summed E-state index contributed by atoms with van der Waals surface area (Å²) in [6, 6.07) is 1.68. The maximum absolute atomic E-state index is 3.35. The molecule has 3 fully saturated rings. The van der Waals surface area contributed by atoms with Crippen molar-refractivity contribution in [3.8, 4) is 0 Å².